The second kappa shape index (κ2) is 5.17. The zero-order valence-corrected chi connectivity index (χ0v) is 11.1. The average Bonchev–Trinajstić information content (AvgIpc) is 2.91. The largest absolute Gasteiger partial charge is 0.462 e. The normalized spacial score (nSPS) is 10.7. The van der Waals surface area contributed by atoms with Gasteiger partial charge in [0.25, 0.3) is 0 Å². The van der Waals surface area contributed by atoms with Gasteiger partial charge in [0.1, 0.15) is 5.82 Å². The summed E-state index contributed by atoms with van der Waals surface area (Å²) >= 11 is 0. The van der Waals surface area contributed by atoms with E-state index in [2.05, 4.69) is 9.97 Å². The first kappa shape index (κ1) is 12.4. The summed E-state index contributed by atoms with van der Waals surface area (Å²) in [5.41, 5.74) is 3.19. The predicted octanol–water partition coefficient (Wildman–Crippen LogP) is 3.41. The van der Waals surface area contributed by atoms with Crippen LogP contribution in [0.3, 0.4) is 0 Å². The number of hydrogen-bond donors (Lipinski definition) is 1. The number of H-pyrrole nitrogens is 1. The minimum atomic E-state index is -0.321. The molecule has 2 aromatic carbocycles. The Balaban J connectivity index is 2.02. The predicted molar refractivity (Wildman–Crippen MR) is 77.5 cm³/mol. The summed E-state index contributed by atoms with van der Waals surface area (Å²) in [5, 5.41) is 0. The lowest BCUT2D eigenvalue weighted by Gasteiger charge is -2.00. The number of carbonyl (C=O) groups is 1. The van der Waals surface area contributed by atoms with Crippen LogP contribution in [0.5, 0.6) is 0 Å². The van der Waals surface area contributed by atoms with Gasteiger partial charge in [-0.25, -0.2) is 9.78 Å². The van der Waals surface area contributed by atoms with Gasteiger partial charge in [0.15, 0.2) is 0 Å². The van der Waals surface area contributed by atoms with Gasteiger partial charge in [-0.3, -0.25) is 0 Å². The number of carbonyl (C=O) groups excluding carboxylic acids is 1. The van der Waals surface area contributed by atoms with Crippen molar-refractivity contribution in [2.24, 2.45) is 0 Å². The molecule has 0 spiro atoms. The molecule has 3 rings (SSSR count). The van der Waals surface area contributed by atoms with Gasteiger partial charge in [-0.2, -0.15) is 0 Å². The Hall–Kier alpha value is -2.62. The maximum absolute atomic E-state index is 11.7. The van der Waals surface area contributed by atoms with Crippen LogP contribution in [-0.2, 0) is 4.74 Å². The van der Waals surface area contributed by atoms with E-state index in [-0.39, 0.29) is 5.97 Å². The third-order valence-corrected chi connectivity index (χ3v) is 3.04. The summed E-state index contributed by atoms with van der Waals surface area (Å²) in [6, 6.07) is 15.2. The molecule has 4 heteroatoms. The number of fused-ring (bicyclic) bond motifs is 1. The monoisotopic (exact) mass is 266 g/mol. The molecule has 1 heterocycles. The molecule has 0 saturated carbocycles. The smallest absolute Gasteiger partial charge is 0.338 e. The van der Waals surface area contributed by atoms with Gasteiger partial charge in [-0.1, -0.05) is 30.3 Å². The fourth-order valence-corrected chi connectivity index (χ4v) is 2.08. The van der Waals surface area contributed by atoms with Crippen molar-refractivity contribution in [1.29, 1.82) is 0 Å². The summed E-state index contributed by atoms with van der Waals surface area (Å²) in [6.45, 7) is 2.16. The van der Waals surface area contributed by atoms with Crippen molar-refractivity contribution in [1.82, 2.24) is 9.97 Å². The van der Waals surface area contributed by atoms with E-state index < -0.39 is 0 Å². The molecule has 0 bridgehead atoms. The highest BCUT2D eigenvalue weighted by molar-refractivity contribution is 5.94. The zero-order chi connectivity index (χ0) is 13.9. The Kier molecular flexibility index (Phi) is 3.21. The van der Waals surface area contributed by atoms with Crippen LogP contribution in [0.4, 0.5) is 0 Å². The fourth-order valence-electron chi connectivity index (χ4n) is 2.08. The van der Waals surface area contributed by atoms with Crippen LogP contribution in [0.2, 0.25) is 0 Å². The molecule has 0 saturated heterocycles. The molecule has 1 aromatic heterocycles. The topological polar surface area (TPSA) is 55.0 Å². The van der Waals surface area contributed by atoms with E-state index in [0.717, 1.165) is 22.4 Å². The van der Waals surface area contributed by atoms with E-state index in [9.17, 15) is 4.79 Å². The quantitative estimate of drug-likeness (QED) is 0.739. The number of hydrogen-bond acceptors (Lipinski definition) is 3. The van der Waals surface area contributed by atoms with Crippen molar-refractivity contribution in [3.63, 3.8) is 0 Å². The van der Waals surface area contributed by atoms with E-state index in [0.29, 0.717) is 12.2 Å². The number of rotatable bonds is 3. The number of aromatic amines is 1. The van der Waals surface area contributed by atoms with Crippen LogP contribution in [0.1, 0.15) is 17.3 Å². The molecular formula is C16H14N2O2. The summed E-state index contributed by atoms with van der Waals surface area (Å²) in [6.07, 6.45) is 0. The molecule has 0 radical (unpaired) electrons. The Labute approximate surface area is 116 Å². The maximum Gasteiger partial charge on any atom is 0.338 e. The second-order valence-electron chi connectivity index (χ2n) is 4.40. The number of imidazole rings is 1. The van der Waals surface area contributed by atoms with E-state index in [4.69, 9.17) is 4.74 Å². The van der Waals surface area contributed by atoms with Crippen molar-refractivity contribution >= 4 is 17.0 Å². The molecule has 1 N–H and O–H groups in total. The number of benzene rings is 2. The Morgan fingerprint density at radius 2 is 2.00 bits per heavy atom. The van der Waals surface area contributed by atoms with Crippen molar-refractivity contribution in [3.8, 4) is 11.4 Å². The zero-order valence-electron chi connectivity index (χ0n) is 11.1. The Morgan fingerprint density at radius 1 is 1.20 bits per heavy atom. The van der Waals surface area contributed by atoms with E-state index in [1.54, 1.807) is 19.1 Å². The minimum absolute atomic E-state index is 0.321. The summed E-state index contributed by atoms with van der Waals surface area (Å²) < 4.78 is 4.99. The molecule has 0 unspecified atom stereocenters. The van der Waals surface area contributed by atoms with Crippen LogP contribution in [0, 0.1) is 0 Å². The molecule has 0 aliphatic rings. The molecule has 0 aliphatic heterocycles. The van der Waals surface area contributed by atoms with Crippen LogP contribution in [0.15, 0.2) is 48.5 Å². The molecular weight excluding hydrogens is 252 g/mol. The first-order chi connectivity index (χ1) is 9.78. The first-order valence-corrected chi connectivity index (χ1v) is 6.50. The standard InChI is InChI=1S/C16H14N2O2/c1-2-20-16(19)12-8-9-13-14(10-12)18-15(17-13)11-6-4-3-5-7-11/h3-10H,2H2,1H3,(H,17,18). The highest BCUT2D eigenvalue weighted by atomic mass is 16.5. The van der Waals surface area contributed by atoms with E-state index in [1.165, 1.54) is 0 Å². The van der Waals surface area contributed by atoms with Crippen molar-refractivity contribution < 1.29 is 9.53 Å². The van der Waals surface area contributed by atoms with Crippen molar-refractivity contribution in [2.45, 2.75) is 6.92 Å². The van der Waals surface area contributed by atoms with Crippen LogP contribution in [-0.4, -0.2) is 22.5 Å². The van der Waals surface area contributed by atoms with E-state index in [1.807, 2.05) is 36.4 Å². The number of aromatic nitrogens is 2. The summed E-state index contributed by atoms with van der Waals surface area (Å²) in [5.74, 6) is 0.472. The molecule has 100 valence electrons. The van der Waals surface area contributed by atoms with Crippen LogP contribution < -0.4 is 0 Å². The average molecular weight is 266 g/mol. The van der Waals surface area contributed by atoms with E-state index >= 15 is 0 Å². The van der Waals surface area contributed by atoms with Crippen molar-refractivity contribution in [2.75, 3.05) is 6.61 Å². The third-order valence-electron chi connectivity index (χ3n) is 3.04. The lowest BCUT2D eigenvalue weighted by atomic mass is 10.2. The summed E-state index contributed by atoms with van der Waals surface area (Å²) in [7, 11) is 0. The van der Waals surface area contributed by atoms with Gasteiger partial charge in [0.2, 0.25) is 0 Å². The van der Waals surface area contributed by atoms with Crippen molar-refractivity contribution in [3.05, 3.63) is 54.1 Å². The van der Waals surface area contributed by atoms with Gasteiger partial charge in [0.05, 0.1) is 23.2 Å². The van der Waals surface area contributed by atoms with Gasteiger partial charge >= 0.3 is 5.97 Å². The minimum Gasteiger partial charge on any atom is -0.462 e. The highest BCUT2D eigenvalue weighted by Crippen LogP contribution is 2.21. The molecule has 20 heavy (non-hydrogen) atoms. The Morgan fingerprint density at radius 3 is 2.75 bits per heavy atom. The molecule has 4 nitrogen and oxygen atoms in total. The molecule has 0 fully saturated rings. The van der Waals surface area contributed by atoms with Crippen LogP contribution >= 0.6 is 0 Å². The summed E-state index contributed by atoms with van der Waals surface area (Å²) in [4.78, 5) is 19.5. The van der Waals surface area contributed by atoms with Gasteiger partial charge < -0.3 is 9.72 Å². The molecule has 0 atom stereocenters. The van der Waals surface area contributed by atoms with Crippen LogP contribution in [0.25, 0.3) is 22.4 Å². The lowest BCUT2D eigenvalue weighted by molar-refractivity contribution is 0.0526. The molecule has 0 aliphatic carbocycles. The number of nitrogens with zero attached hydrogens (tertiary/aromatic N) is 1. The van der Waals surface area contributed by atoms with Gasteiger partial charge in [-0.15, -0.1) is 0 Å². The fraction of sp³-hybridized carbons (Fsp3) is 0.125. The van der Waals surface area contributed by atoms with Gasteiger partial charge in [-0.05, 0) is 25.1 Å². The number of esters is 1. The maximum atomic E-state index is 11.7. The lowest BCUT2D eigenvalue weighted by Crippen LogP contribution is -2.04. The van der Waals surface area contributed by atoms with Gasteiger partial charge in [0, 0.05) is 5.56 Å². The Bertz CT molecular complexity index is 748. The SMILES string of the molecule is CCOC(=O)c1ccc2[nH]c(-c3ccccc3)nc2c1. The third kappa shape index (κ3) is 2.28. The first-order valence-electron chi connectivity index (χ1n) is 6.50. The molecule has 0 amide bonds. The second-order valence-corrected chi connectivity index (χ2v) is 4.40. The number of ether oxygens (including phenoxy) is 1. The number of nitrogens with one attached hydrogen (secondary N) is 1. The molecule has 3 aromatic rings. The highest BCUT2D eigenvalue weighted by Gasteiger charge is 2.10.